The summed E-state index contributed by atoms with van der Waals surface area (Å²) in [5, 5.41) is 0. The first kappa shape index (κ1) is 28.9. The van der Waals surface area contributed by atoms with Crippen molar-refractivity contribution in [1.29, 1.82) is 0 Å². The molecule has 0 N–H and O–H groups in total. The standard InChI is InChI=1S/C27H40N2O5S/c1-17-10-12-19(13-11-17)24(30)29(22(18(2)33-8)25(31)28(6)7)21-16-20(14-15-27(3,4)5)35-23(21)26(32)34-9/h16-19,22H,10-13H2,1-9H3/t17-,18-,19-,22+/m1/s1. The van der Waals surface area contributed by atoms with Gasteiger partial charge < -0.3 is 14.4 Å². The monoisotopic (exact) mass is 504 g/mol. The van der Waals surface area contributed by atoms with Crippen molar-refractivity contribution < 1.29 is 23.9 Å². The molecule has 1 heterocycles. The van der Waals surface area contributed by atoms with Crippen molar-refractivity contribution in [3.05, 3.63) is 15.8 Å². The number of esters is 1. The van der Waals surface area contributed by atoms with Crippen molar-refractivity contribution in [2.45, 2.75) is 72.4 Å². The van der Waals surface area contributed by atoms with Crippen molar-refractivity contribution in [2.75, 3.05) is 33.2 Å². The van der Waals surface area contributed by atoms with Gasteiger partial charge in [0.2, 0.25) is 11.8 Å². The number of amides is 2. The van der Waals surface area contributed by atoms with Gasteiger partial charge in [0.25, 0.3) is 0 Å². The van der Waals surface area contributed by atoms with Gasteiger partial charge in [-0.05, 0) is 65.4 Å². The lowest BCUT2D eigenvalue weighted by Crippen LogP contribution is -2.57. The molecule has 0 bridgehead atoms. The van der Waals surface area contributed by atoms with E-state index in [1.54, 1.807) is 27.1 Å². The molecule has 0 radical (unpaired) electrons. The Morgan fingerprint density at radius 1 is 1.11 bits per heavy atom. The van der Waals surface area contributed by atoms with E-state index in [0.717, 1.165) is 25.7 Å². The molecule has 1 fully saturated rings. The number of carbonyl (C=O) groups is 3. The molecule has 1 aromatic rings. The average molecular weight is 505 g/mol. The Morgan fingerprint density at radius 3 is 2.20 bits per heavy atom. The highest BCUT2D eigenvalue weighted by atomic mass is 32.1. The van der Waals surface area contributed by atoms with Crippen LogP contribution in [0, 0.1) is 29.1 Å². The van der Waals surface area contributed by atoms with E-state index in [0.29, 0.717) is 16.5 Å². The summed E-state index contributed by atoms with van der Waals surface area (Å²) in [5.74, 6) is 5.64. The number of anilines is 1. The molecule has 2 rings (SSSR count). The molecule has 194 valence electrons. The van der Waals surface area contributed by atoms with Gasteiger partial charge in [-0.2, -0.15) is 0 Å². The first-order valence-electron chi connectivity index (χ1n) is 12.1. The molecule has 1 saturated carbocycles. The van der Waals surface area contributed by atoms with Gasteiger partial charge in [-0.3, -0.25) is 14.5 Å². The molecule has 8 heteroatoms. The zero-order chi connectivity index (χ0) is 26.5. The predicted molar refractivity (Wildman–Crippen MR) is 140 cm³/mol. The molecule has 0 aliphatic heterocycles. The van der Waals surface area contributed by atoms with Crippen LogP contribution in [0.15, 0.2) is 6.07 Å². The molecule has 0 aromatic carbocycles. The number of nitrogens with zero attached hydrogens (tertiary/aromatic N) is 2. The van der Waals surface area contributed by atoms with E-state index in [2.05, 4.69) is 18.8 Å². The van der Waals surface area contributed by atoms with Crippen molar-refractivity contribution >= 4 is 34.8 Å². The van der Waals surface area contributed by atoms with Crippen LogP contribution in [-0.2, 0) is 19.1 Å². The third-order valence-corrected chi connectivity index (χ3v) is 7.31. The van der Waals surface area contributed by atoms with Crippen LogP contribution < -0.4 is 4.90 Å². The van der Waals surface area contributed by atoms with Gasteiger partial charge in [0.05, 0.1) is 23.8 Å². The molecule has 7 nitrogen and oxygen atoms in total. The van der Waals surface area contributed by atoms with Crippen LogP contribution >= 0.6 is 11.3 Å². The maximum Gasteiger partial charge on any atom is 0.350 e. The van der Waals surface area contributed by atoms with Crippen LogP contribution in [0.1, 0.15) is 74.9 Å². The van der Waals surface area contributed by atoms with Crippen LogP contribution in [0.5, 0.6) is 0 Å². The van der Waals surface area contributed by atoms with E-state index in [4.69, 9.17) is 9.47 Å². The Labute approximate surface area is 214 Å². The van der Waals surface area contributed by atoms with Crippen LogP contribution in [0.25, 0.3) is 0 Å². The van der Waals surface area contributed by atoms with Crippen LogP contribution in [0.2, 0.25) is 0 Å². The Hall–Kier alpha value is -2.37. The molecule has 0 spiro atoms. The second-order valence-electron chi connectivity index (χ2n) is 10.6. The molecule has 1 aromatic heterocycles. The minimum absolute atomic E-state index is 0.167. The molecule has 2 amide bonds. The van der Waals surface area contributed by atoms with Crippen molar-refractivity contribution in [1.82, 2.24) is 4.90 Å². The van der Waals surface area contributed by atoms with E-state index in [1.165, 1.54) is 35.4 Å². The minimum atomic E-state index is -0.941. The summed E-state index contributed by atoms with van der Waals surface area (Å²) in [6.45, 7) is 9.96. The lowest BCUT2D eigenvalue weighted by atomic mass is 9.82. The van der Waals surface area contributed by atoms with E-state index in [9.17, 15) is 14.4 Å². The number of rotatable bonds is 7. The number of carbonyl (C=O) groups excluding carboxylic acids is 3. The molecule has 2 atom stereocenters. The summed E-state index contributed by atoms with van der Waals surface area (Å²) in [4.78, 5) is 44.2. The first-order chi connectivity index (χ1) is 16.3. The van der Waals surface area contributed by atoms with E-state index in [1.807, 2.05) is 20.8 Å². The summed E-state index contributed by atoms with van der Waals surface area (Å²) in [6, 6.07) is 0.792. The zero-order valence-corrected chi connectivity index (χ0v) is 23.4. The maximum atomic E-state index is 14.1. The van der Waals surface area contributed by atoms with E-state index < -0.39 is 18.1 Å². The SMILES string of the molecule is COC(=O)c1sc(C#CC(C)(C)C)cc1N(C(=O)[C@H]1CC[C@H](C)CC1)[C@H](C(=O)N(C)C)[C@@H](C)OC. The highest BCUT2D eigenvalue weighted by Gasteiger charge is 2.42. The Balaban J connectivity index is 2.73. The minimum Gasteiger partial charge on any atom is -0.465 e. The molecule has 0 unspecified atom stereocenters. The largest absolute Gasteiger partial charge is 0.465 e. The predicted octanol–water partition coefficient (Wildman–Crippen LogP) is 4.58. The summed E-state index contributed by atoms with van der Waals surface area (Å²) >= 11 is 1.17. The fraction of sp³-hybridized carbons (Fsp3) is 0.667. The molecule has 0 saturated heterocycles. The van der Waals surface area contributed by atoms with Crippen LogP contribution in [0.4, 0.5) is 5.69 Å². The van der Waals surface area contributed by atoms with Crippen LogP contribution in [-0.4, -0.2) is 63.1 Å². The van der Waals surface area contributed by atoms with E-state index >= 15 is 0 Å². The second kappa shape index (κ2) is 12.0. The maximum absolute atomic E-state index is 14.1. The first-order valence-corrected chi connectivity index (χ1v) is 12.9. The third-order valence-electron chi connectivity index (χ3n) is 6.29. The fourth-order valence-electron chi connectivity index (χ4n) is 4.13. The lowest BCUT2D eigenvalue weighted by Gasteiger charge is -2.38. The van der Waals surface area contributed by atoms with Crippen molar-refractivity contribution in [3.63, 3.8) is 0 Å². The molecule has 35 heavy (non-hydrogen) atoms. The van der Waals surface area contributed by atoms with Gasteiger partial charge in [-0.15, -0.1) is 11.3 Å². The van der Waals surface area contributed by atoms with Crippen LogP contribution in [0.3, 0.4) is 0 Å². The number of likely N-dealkylation sites (N-methyl/N-ethyl adjacent to an activating group) is 1. The summed E-state index contributed by atoms with van der Waals surface area (Å²) in [7, 11) is 6.12. The van der Waals surface area contributed by atoms with Gasteiger partial charge in [-0.25, -0.2) is 4.79 Å². The molecular formula is C27H40N2O5S. The number of ether oxygens (including phenoxy) is 2. The highest BCUT2D eigenvalue weighted by Crippen LogP contribution is 2.37. The Kier molecular flexibility index (Phi) is 9.94. The van der Waals surface area contributed by atoms with Crippen molar-refractivity contribution in [2.24, 2.45) is 17.3 Å². The number of hydrogen-bond acceptors (Lipinski definition) is 6. The number of methoxy groups -OCH3 is 2. The molecule has 1 aliphatic carbocycles. The summed E-state index contributed by atoms with van der Waals surface area (Å²) in [6.07, 6.45) is 2.79. The average Bonchev–Trinajstić information content (AvgIpc) is 3.23. The quantitative estimate of drug-likeness (QED) is 0.401. The summed E-state index contributed by atoms with van der Waals surface area (Å²) in [5.41, 5.74) is 0.116. The summed E-state index contributed by atoms with van der Waals surface area (Å²) < 4.78 is 10.6. The third kappa shape index (κ3) is 7.31. The normalized spacial score (nSPS) is 19.7. The number of thiophene rings is 1. The van der Waals surface area contributed by atoms with Gasteiger partial charge >= 0.3 is 5.97 Å². The zero-order valence-electron chi connectivity index (χ0n) is 22.6. The Morgan fingerprint density at radius 2 is 1.71 bits per heavy atom. The van der Waals surface area contributed by atoms with Gasteiger partial charge in [0, 0.05) is 32.5 Å². The fourth-order valence-corrected chi connectivity index (χ4v) is 5.06. The smallest absolute Gasteiger partial charge is 0.350 e. The number of hydrogen-bond donors (Lipinski definition) is 0. The van der Waals surface area contributed by atoms with Crippen molar-refractivity contribution in [3.8, 4) is 11.8 Å². The molecule has 1 aliphatic rings. The van der Waals surface area contributed by atoms with Gasteiger partial charge in [0.15, 0.2) is 0 Å². The molecular weight excluding hydrogens is 464 g/mol. The topological polar surface area (TPSA) is 76.2 Å². The second-order valence-corrected chi connectivity index (χ2v) is 11.7. The lowest BCUT2D eigenvalue weighted by molar-refractivity contribution is -0.136. The van der Waals surface area contributed by atoms with Gasteiger partial charge in [-0.1, -0.05) is 18.8 Å². The van der Waals surface area contributed by atoms with E-state index in [-0.39, 0.29) is 28.0 Å². The Bertz CT molecular complexity index is 974. The highest BCUT2D eigenvalue weighted by molar-refractivity contribution is 7.15. The van der Waals surface area contributed by atoms with Gasteiger partial charge in [0.1, 0.15) is 10.9 Å².